The predicted octanol–water partition coefficient (Wildman–Crippen LogP) is 1.91. The van der Waals surface area contributed by atoms with E-state index >= 15 is 0 Å². The van der Waals surface area contributed by atoms with Gasteiger partial charge in [-0.3, -0.25) is 4.79 Å². The first kappa shape index (κ1) is 14.9. The van der Waals surface area contributed by atoms with E-state index in [0.29, 0.717) is 12.2 Å². The number of aliphatic hydroxyl groups is 1. The molecule has 0 fully saturated rings. The van der Waals surface area contributed by atoms with Gasteiger partial charge in [-0.1, -0.05) is 0 Å². The standard InChI is InChI=1S/C13H19NO3S/c1-13(16,7-9-18-2)10-14-12(15)6-5-11-4-3-8-17-11/h3-6,8,16H,7,9-10H2,1-2H3,(H,14,15)/b6-5+/t13-/m0/s1. The van der Waals surface area contributed by atoms with Gasteiger partial charge in [-0.05, 0) is 43.6 Å². The zero-order valence-electron chi connectivity index (χ0n) is 10.7. The fourth-order valence-electron chi connectivity index (χ4n) is 1.29. The van der Waals surface area contributed by atoms with Crippen LogP contribution in [0.1, 0.15) is 19.1 Å². The smallest absolute Gasteiger partial charge is 0.244 e. The van der Waals surface area contributed by atoms with Crippen molar-refractivity contribution >= 4 is 23.7 Å². The van der Waals surface area contributed by atoms with Gasteiger partial charge in [-0.25, -0.2) is 0 Å². The van der Waals surface area contributed by atoms with Gasteiger partial charge < -0.3 is 14.8 Å². The van der Waals surface area contributed by atoms with E-state index in [0.717, 1.165) is 5.75 Å². The van der Waals surface area contributed by atoms with Gasteiger partial charge in [0.25, 0.3) is 0 Å². The summed E-state index contributed by atoms with van der Waals surface area (Å²) in [6, 6.07) is 3.52. The van der Waals surface area contributed by atoms with Crippen molar-refractivity contribution in [2.24, 2.45) is 0 Å². The molecular weight excluding hydrogens is 250 g/mol. The summed E-state index contributed by atoms with van der Waals surface area (Å²) in [6.45, 7) is 1.97. The largest absolute Gasteiger partial charge is 0.465 e. The zero-order chi connectivity index (χ0) is 13.4. The van der Waals surface area contributed by atoms with Crippen molar-refractivity contribution < 1.29 is 14.3 Å². The quantitative estimate of drug-likeness (QED) is 0.742. The van der Waals surface area contributed by atoms with E-state index in [9.17, 15) is 9.90 Å². The average Bonchev–Trinajstić information content (AvgIpc) is 2.84. The van der Waals surface area contributed by atoms with E-state index in [4.69, 9.17) is 4.42 Å². The molecule has 4 nitrogen and oxygen atoms in total. The van der Waals surface area contributed by atoms with Crippen molar-refractivity contribution in [1.29, 1.82) is 0 Å². The van der Waals surface area contributed by atoms with Gasteiger partial charge in [0.2, 0.25) is 5.91 Å². The fraction of sp³-hybridized carbons (Fsp3) is 0.462. The van der Waals surface area contributed by atoms with E-state index in [1.54, 1.807) is 43.2 Å². The average molecular weight is 269 g/mol. The topological polar surface area (TPSA) is 62.5 Å². The van der Waals surface area contributed by atoms with Gasteiger partial charge in [0.1, 0.15) is 5.76 Å². The van der Waals surface area contributed by atoms with Crippen LogP contribution in [0.15, 0.2) is 28.9 Å². The molecular formula is C13H19NO3S. The number of carbonyl (C=O) groups is 1. The van der Waals surface area contributed by atoms with Crippen molar-refractivity contribution in [1.82, 2.24) is 5.32 Å². The highest BCUT2D eigenvalue weighted by Crippen LogP contribution is 2.11. The molecule has 18 heavy (non-hydrogen) atoms. The maximum Gasteiger partial charge on any atom is 0.244 e. The number of nitrogens with one attached hydrogen (secondary N) is 1. The number of carbonyl (C=O) groups excluding carboxylic acids is 1. The highest BCUT2D eigenvalue weighted by atomic mass is 32.2. The van der Waals surface area contributed by atoms with Crippen LogP contribution in [0.4, 0.5) is 0 Å². The van der Waals surface area contributed by atoms with Crippen LogP contribution < -0.4 is 5.32 Å². The van der Waals surface area contributed by atoms with Crippen LogP contribution in [0.3, 0.4) is 0 Å². The molecule has 0 aromatic carbocycles. The summed E-state index contributed by atoms with van der Waals surface area (Å²) in [5.41, 5.74) is -0.864. The van der Waals surface area contributed by atoms with Gasteiger partial charge in [0, 0.05) is 12.6 Å². The molecule has 0 saturated heterocycles. The minimum atomic E-state index is -0.864. The first-order chi connectivity index (χ1) is 8.53. The summed E-state index contributed by atoms with van der Waals surface area (Å²) in [7, 11) is 0. The van der Waals surface area contributed by atoms with Crippen LogP contribution >= 0.6 is 11.8 Å². The summed E-state index contributed by atoms with van der Waals surface area (Å²) < 4.78 is 5.06. The second-order valence-corrected chi connectivity index (χ2v) is 5.29. The van der Waals surface area contributed by atoms with Gasteiger partial charge in [0.15, 0.2) is 0 Å². The third kappa shape index (κ3) is 5.93. The molecule has 0 bridgehead atoms. The number of thioether (sulfide) groups is 1. The molecule has 0 aliphatic rings. The second-order valence-electron chi connectivity index (χ2n) is 4.31. The van der Waals surface area contributed by atoms with E-state index in [1.807, 2.05) is 6.26 Å². The van der Waals surface area contributed by atoms with Crippen LogP contribution in [0, 0.1) is 0 Å². The highest BCUT2D eigenvalue weighted by Gasteiger charge is 2.19. The van der Waals surface area contributed by atoms with Crippen molar-refractivity contribution in [3.8, 4) is 0 Å². The van der Waals surface area contributed by atoms with E-state index < -0.39 is 5.60 Å². The maximum absolute atomic E-state index is 11.5. The number of furan rings is 1. The summed E-state index contributed by atoms with van der Waals surface area (Å²) in [6.07, 6.45) is 7.16. The first-order valence-electron chi connectivity index (χ1n) is 5.74. The minimum Gasteiger partial charge on any atom is -0.465 e. The molecule has 0 aliphatic carbocycles. The lowest BCUT2D eigenvalue weighted by atomic mass is 10.0. The lowest BCUT2D eigenvalue weighted by molar-refractivity contribution is -0.117. The Hall–Kier alpha value is -1.20. The van der Waals surface area contributed by atoms with Gasteiger partial charge in [-0.15, -0.1) is 0 Å². The molecule has 1 aromatic heterocycles. The van der Waals surface area contributed by atoms with Gasteiger partial charge in [-0.2, -0.15) is 11.8 Å². The zero-order valence-corrected chi connectivity index (χ0v) is 11.5. The maximum atomic E-state index is 11.5. The summed E-state index contributed by atoms with van der Waals surface area (Å²) >= 11 is 1.67. The van der Waals surface area contributed by atoms with E-state index in [2.05, 4.69) is 5.32 Å². The lowest BCUT2D eigenvalue weighted by Crippen LogP contribution is -2.40. The molecule has 1 rings (SSSR count). The number of hydrogen-bond donors (Lipinski definition) is 2. The monoisotopic (exact) mass is 269 g/mol. The molecule has 5 heteroatoms. The van der Waals surface area contributed by atoms with Crippen LogP contribution in [-0.4, -0.2) is 35.2 Å². The van der Waals surface area contributed by atoms with E-state index in [1.165, 1.54) is 6.08 Å². The third-order valence-corrected chi connectivity index (χ3v) is 3.04. The highest BCUT2D eigenvalue weighted by molar-refractivity contribution is 7.98. The third-order valence-electron chi connectivity index (χ3n) is 2.43. The Morgan fingerprint density at radius 3 is 3.06 bits per heavy atom. The summed E-state index contributed by atoms with van der Waals surface area (Å²) in [5, 5.41) is 12.6. The normalized spacial score (nSPS) is 14.6. The minimum absolute atomic E-state index is 0.240. The Kier molecular flexibility index (Phi) is 6.01. The molecule has 0 radical (unpaired) electrons. The SMILES string of the molecule is CSCC[C@](C)(O)CNC(=O)/C=C/c1ccco1. The molecule has 2 N–H and O–H groups in total. The molecule has 0 aliphatic heterocycles. The van der Waals surface area contributed by atoms with Crippen LogP contribution in [-0.2, 0) is 4.79 Å². The molecule has 1 aromatic rings. The lowest BCUT2D eigenvalue weighted by Gasteiger charge is -2.22. The molecule has 100 valence electrons. The van der Waals surface area contributed by atoms with Gasteiger partial charge in [0.05, 0.1) is 11.9 Å². The van der Waals surface area contributed by atoms with Gasteiger partial charge >= 0.3 is 0 Å². The summed E-state index contributed by atoms with van der Waals surface area (Å²) in [4.78, 5) is 11.5. The number of amides is 1. The van der Waals surface area contributed by atoms with Crippen LogP contribution in [0.25, 0.3) is 6.08 Å². The fourth-order valence-corrected chi connectivity index (χ4v) is 1.93. The Labute approximate surface area is 111 Å². The Morgan fingerprint density at radius 2 is 2.44 bits per heavy atom. The first-order valence-corrected chi connectivity index (χ1v) is 7.14. The van der Waals surface area contributed by atoms with Crippen molar-refractivity contribution in [2.45, 2.75) is 18.9 Å². The van der Waals surface area contributed by atoms with Crippen LogP contribution in [0.5, 0.6) is 0 Å². The molecule has 1 atom stereocenters. The molecule has 0 spiro atoms. The van der Waals surface area contributed by atoms with E-state index in [-0.39, 0.29) is 12.5 Å². The molecule has 1 heterocycles. The number of rotatable bonds is 7. The van der Waals surface area contributed by atoms with Crippen molar-refractivity contribution in [3.05, 3.63) is 30.2 Å². The Bertz CT molecular complexity index is 385. The van der Waals surface area contributed by atoms with Crippen molar-refractivity contribution in [2.75, 3.05) is 18.6 Å². The molecule has 1 amide bonds. The Morgan fingerprint density at radius 1 is 1.67 bits per heavy atom. The van der Waals surface area contributed by atoms with Crippen molar-refractivity contribution in [3.63, 3.8) is 0 Å². The number of hydrogen-bond acceptors (Lipinski definition) is 4. The summed E-state index contributed by atoms with van der Waals surface area (Å²) in [5.74, 6) is 1.25. The molecule has 0 saturated carbocycles. The predicted molar refractivity (Wildman–Crippen MR) is 74.4 cm³/mol. The molecule has 0 unspecified atom stereocenters. The Balaban J connectivity index is 2.32. The second kappa shape index (κ2) is 7.28. The van der Waals surface area contributed by atoms with Crippen LogP contribution in [0.2, 0.25) is 0 Å².